The lowest BCUT2D eigenvalue weighted by Gasteiger charge is -2.18. The number of hydrogen-bond acceptors (Lipinski definition) is 2. The van der Waals surface area contributed by atoms with Gasteiger partial charge in [0, 0.05) is 11.7 Å². The van der Waals surface area contributed by atoms with Gasteiger partial charge in [0.25, 0.3) is 0 Å². The average molecular weight is 288 g/mol. The van der Waals surface area contributed by atoms with E-state index in [1.165, 1.54) is 31.2 Å². The number of amides is 1. The Morgan fingerprint density at radius 3 is 2.48 bits per heavy atom. The number of anilines is 1. The van der Waals surface area contributed by atoms with Crippen LogP contribution in [0.4, 0.5) is 5.69 Å². The van der Waals surface area contributed by atoms with Gasteiger partial charge < -0.3 is 10.6 Å². The molecule has 1 fully saturated rings. The Hall–Kier alpha value is -1.51. The van der Waals surface area contributed by atoms with Gasteiger partial charge in [0.2, 0.25) is 5.91 Å². The second kappa shape index (κ2) is 8.06. The maximum Gasteiger partial charge on any atom is 0.239 e. The van der Waals surface area contributed by atoms with Crippen LogP contribution in [0.5, 0.6) is 0 Å². The van der Waals surface area contributed by atoms with Gasteiger partial charge in [-0.15, -0.1) is 0 Å². The molecule has 0 heterocycles. The third-order valence-corrected chi connectivity index (χ3v) is 4.24. The van der Waals surface area contributed by atoms with Crippen LogP contribution in [-0.2, 0) is 4.79 Å². The van der Waals surface area contributed by atoms with Crippen molar-refractivity contribution >= 4 is 11.6 Å². The Balaban J connectivity index is 1.83. The summed E-state index contributed by atoms with van der Waals surface area (Å²) in [6.45, 7) is 4.71. The number of rotatable bonds is 5. The molecule has 0 radical (unpaired) electrons. The van der Waals surface area contributed by atoms with E-state index in [0.29, 0.717) is 18.5 Å². The van der Waals surface area contributed by atoms with E-state index in [9.17, 15) is 4.79 Å². The van der Waals surface area contributed by atoms with E-state index in [1.807, 2.05) is 18.2 Å². The summed E-state index contributed by atoms with van der Waals surface area (Å²) < 4.78 is 0. The van der Waals surface area contributed by atoms with Crippen molar-refractivity contribution < 1.29 is 4.79 Å². The molecule has 0 aliphatic heterocycles. The summed E-state index contributed by atoms with van der Waals surface area (Å²) in [4.78, 5) is 12.1. The van der Waals surface area contributed by atoms with Crippen LogP contribution in [0.15, 0.2) is 24.3 Å². The number of nitrogens with one attached hydrogen (secondary N) is 2. The molecule has 0 atom stereocenters. The van der Waals surface area contributed by atoms with Gasteiger partial charge in [-0.05, 0) is 30.4 Å². The van der Waals surface area contributed by atoms with Crippen LogP contribution in [0, 0.1) is 0 Å². The van der Waals surface area contributed by atoms with Gasteiger partial charge in [0.05, 0.1) is 6.54 Å². The number of carbonyl (C=O) groups is 1. The van der Waals surface area contributed by atoms with Crippen LogP contribution >= 0.6 is 0 Å². The summed E-state index contributed by atoms with van der Waals surface area (Å²) in [7, 11) is 0. The first-order chi connectivity index (χ1) is 10.2. The SMILES string of the molecule is CC(C)c1ccccc1NCC(=O)NC1CCCCCC1. The Bertz CT molecular complexity index is 448. The van der Waals surface area contributed by atoms with Crippen molar-refractivity contribution in [3.63, 3.8) is 0 Å². The van der Waals surface area contributed by atoms with Crippen molar-refractivity contribution in [2.75, 3.05) is 11.9 Å². The highest BCUT2D eigenvalue weighted by atomic mass is 16.1. The molecule has 1 saturated carbocycles. The van der Waals surface area contributed by atoms with Crippen molar-refractivity contribution in [1.82, 2.24) is 5.32 Å². The third-order valence-electron chi connectivity index (χ3n) is 4.24. The molecule has 1 aromatic rings. The van der Waals surface area contributed by atoms with Gasteiger partial charge in [0.1, 0.15) is 0 Å². The quantitative estimate of drug-likeness (QED) is 0.802. The lowest BCUT2D eigenvalue weighted by Crippen LogP contribution is -2.38. The summed E-state index contributed by atoms with van der Waals surface area (Å²) in [5.41, 5.74) is 2.34. The van der Waals surface area contributed by atoms with E-state index in [0.717, 1.165) is 18.5 Å². The molecule has 1 aliphatic rings. The summed E-state index contributed by atoms with van der Waals surface area (Å²) in [6.07, 6.45) is 7.38. The van der Waals surface area contributed by atoms with Crippen LogP contribution in [0.25, 0.3) is 0 Å². The van der Waals surface area contributed by atoms with E-state index in [1.54, 1.807) is 0 Å². The highest BCUT2D eigenvalue weighted by molar-refractivity contribution is 5.81. The first-order valence-electron chi connectivity index (χ1n) is 8.29. The molecule has 21 heavy (non-hydrogen) atoms. The van der Waals surface area contributed by atoms with Crippen molar-refractivity contribution in [3.05, 3.63) is 29.8 Å². The van der Waals surface area contributed by atoms with Crippen LogP contribution in [0.1, 0.15) is 63.9 Å². The third kappa shape index (κ3) is 5.07. The smallest absolute Gasteiger partial charge is 0.239 e. The largest absolute Gasteiger partial charge is 0.376 e. The Morgan fingerprint density at radius 2 is 1.81 bits per heavy atom. The minimum Gasteiger partial charge on any atom is -0.376 e. The zero-order valence-electron chi connectivity index (χ0n) is 13.3. The Labute approximate surface area is 128 Å². The van der Waals surface area contributed by atoms with Gasteiger partial charge in [-0.25, -0.2) is 0 Å². The van der Waals surface area contributed by atoms with E-state index < -0.39 is 0 Å². The van der Waals surface area contributed by atoms with E-state index >= 15 is 0 Å². The number of para-hydroxylation sites is 1. The van der Waals surface area contributed by atoms with Gasteiger partial charge >= 0.3 is 0 Å². The Morgan fingerprint density at radius 1 is 1.14 bits per heavy atom. The van der Waals surface area contributed by atoms with Gasteiger partial charge in [-0.3, -0.25) is 4.79 Å². The molecule has 0 bridgehead atoms. The highest BCUT2D eigenvalue weighted by Gasteiger charge is 2.14. The maximum absolute atomic E-state index is 12.1. The normalized spacial score (nSPS) is 16.5. The second-order valence-corrected chi connectivity index (χ2v) is 6.35. The molecular formula is C18H28N2O. The summed E-state index contributed by atoms with van der Waals surface area (Å²) in [5, 5.41) is 6.46. The Kier molecular flexibility index (Phi) is 6.09. The van der Waals surface area contributed by atoms with Crippen molar-refractivity contribution in [1.29, 1.82) is 0 Å². The first-order valence-corrected chi connectivity index (χ1v) is 8.29. The first kappa shape index (κ1) is 15.9. The predicted molar refractivity (Wildman–Crippen MR) is 88.7 cm³/mol. The topological polar surface area (TPSA) is 41.1 Å². The fourth-order valence-electron chi connectivity index (χ4n) is 3.04. The van der Waals surface area contributed by atoms with Gasteiger partial charge in [0.15, 0.2) is 0 Å². The molecule has 2 rings (SSSR count). The zero-order valence-corrected chi connectivity index (χ0v) is 13.3. The van der Waals surface area contributed by atoms with E-state index in [-0.39, 0.29) is 5.91 Å². The minimum absolute atomic E-state index is 0.112. The molecule has 0 spiro atoms. The predicted octanol–water partition coefficient (Wildman–Crippen LogP) is 4.06. The molecule has 0 aromatic heterocycles. The second-order valence-electron chi connectivity index (χ2n) is 6.35. The molecule has 3 heteroatoms. The molecular weight excluding hydrogens is 260 g/mol. The number of benzene rings is 1. The van der Waals surface area contributed by atoms with E-state index in [2.05, 4.69) is 30.5 Å². The summed E-state index contributed by atoms with van der Waals surface area (Å²) in [6, 6.07) is 8.61. The fraction of sp³-hybridized carbons (Fsp3) is 0.611. The number of hydrogen-bond donors (Lipinski definition) is 2. The summed E-state index contributed by atoms with van der Waals surface area (Å²) in [5.74, 6) is 0.569. The van der Waals surface area contributed by atoms with Gasteiger partial charge in [-0.1, -0.05) is 57.7 Å². The van der Waals surface area contributed by atoms with Gasteiger partial charge in [-0.2, -0.15) is 0 Å². The molecule has 0 saturated heterocycles. The van der Waals surface area contributed by atoms with Crippen LogP contribution in [0.3, 0.4) is 0 Å². The molecule has 1 aromatic carbocycles. The molecule has 1 aliphatic carbocycles. The number of carbonyl (C=O) groups excluding carboxylic acids is 1. The molecule has 2 N–H and O–H groups in total. The summed E-state index contributed by atoms with van der Waals surface area (Å²) >= 11 is 0. The molecule has 0 unspecified atom stereocenters. The van der Waals surface area contributed by atoms with E-state index in [4.69, 9.17) is 0 Å². The zero-order chi connectivity index (χ0) is 15.1. The lowest BCUT2D eigenvalue weighted by molar-refractivity contribution is -0.120. The van der Waals surface area contributed by atoms with Crippen molar-refractivity contribution in [2.45, 2.75) is 64.3 Å². The minimum atomic E-state index is 0.112. The van der Waals surface area contributed by atoms with Crippen LogP contribution in [-0.4, -0.2) is 18.5 Å². The highest BCUT2D eigenvalue weighted by Crippen LogP contribution is 2.23. The van der Waals surface area contributed by atoms with Crippen LogP contribution < -0.4 is 10.6 Å². The lowest BCUT2D eigenvalue weighted by atomic mass is 10.0. The molecule has 1 amide bonds. The monoisotopic (exact) mass is 288 g/mol. The van der Waals surface area contributed by atoms with Crippen molar-refractivity contribution in [3.8, 4) is 0 Å². The van der Waals surface area contributed by atoms with Crippen molar-refractivity contribution in [2.24, 2.45) is 0 Å². The molecule has 3 nitrogen and oxygen atoms in total. The van der Waals surface area contributed by atoms with Crippen LogP contribution in [0.2, 0.25) is 0 Å². The maximum atomic E-state index is 12.1. The standard InChI is InChI=1S/C18H28N2O/c1-14(2)16-11-7-8-12-17(16)19-13-18(21)20-15-9-5-3-4-6-10-15/h7-8,11-12,14-15,19H,3-6,9-10,13H2,1-2H3,(H,20,21). The molecule has 116 valence electrons. The fourth-order valence-corrected chi connectivity index (χ4v) is 3.04. The average Bonchev–Trinajstić information content (AvgIpc) is 2.74.